The fourth-order valence-electron chi connectivity index (χ4n) is 3.76. The zero-order valence-corrected chi connectivity index (χ0v) is 22.6. The van der Waals surface area contributed by atoms with Crippen molar-refractivity contribution in [1.82, 2.24) is 0 Å². The molecule has 0 aliphatic carbocycles. The van der Waals surface area contributed by atoms with Crippen molar-refractivity contribution in [2.75, 3.05) is 18.2 Å². The molecular formula is C27H31Cl2NO6. The lowest BCUT2D eigenvalue weighted by atomic mass is 9.98. The van der Waals surface area contributed by atoms with E-state index in [4.69, 9.17) is 37.4 Å². The molecule has 3 rings (SSSR count). The van der Waals surface area contributed by atoms with E-state index in [1.54, 1.807) is 56.0 Å². The lowest BCUT2D eigenvalue weighted by Crippen LogP contribution is -2.42. The Kier molecular flexibility index (Phi) is 9.03. The monoisotopic (exact) mass is 535 g/mol. The number of halogens is 2. The first-order valence-corrected chi connectivity index (χ1v) is 12.5. The number of carbonyl (C=O) groups excluding carboxylic acids is 3. The Morgan fingerprint density at radius 3 is 2.39 bits per heavy atom. The molecule has 0 spiro atoms. The fourth-order valence-corrected chi connectivity index (χ4v) is 4.18. The van der Waals surface area contributed by atoms with E-state index in [1.165, 1.54) is 0 Å². The van der Waals surface area contributed by atoms with E-state index in [0.29, 0.717) is 33.4 Å². The lowest BCUT2D eigenvalue weighted by molar-refractivity contribution is -0.175. The molecule has 1 amide bonds. The minimum atomic E-state index is -1.16. The maximum absolute atomic E-state index is 13.7. The average Bonchev–Trinajstić information content (AvgIpc) is 2.89. The number of benzene rings is 2. The van der Waals surface area contributed by atoms with Gasteiger partial charge in [-0.2, -0.15) is 0 Å². The SMILES string of the molecule is CC(C)CN1C(=O)[C@@H](CC(=O)OCOC(=O)C(C)(C)C)O[C@H](c2ccccc2Cl)c2cc(Cl)ccc21. The Morgan fingerprint density at radius 1 is 1.06 bits per heavy atom. The van der Waals surface area contributed by atoms with Gasteiger partial charge in [-0.1, -0.05) is 55.2 Å². The van der Waals surface area contributed by atoms with Gasteiger partial charge in [0.15, 0.2) is 0 Å². The zero-order valence-electron chi connectivity index (χ0n) is 21.0. The summed E-state index contributed by atoms with van der Waals surface area (Å²) in [6, 6.07) is 12.4. The summed E-state index contributed by atoms with van der Waals surface area (Å²) >= 11 is 12.9. The van der Waals surface area contributed by atoms with Crippen LogP contribution in [0.3, 0.4) is 0 Å². The molecule has 9 heteroatoms. The summed E-state index contributed by atoms with van der Waals surface area (Å²) in [7, 11) is 0. The summed E-state index contributed by atoms with van der Waals surface area (Å²) in [5.41, 5.74) is 1.20. The van der Waals surface area contributed by atoms with Crippen LogP contribution in [0.5, 0.6) is 0 Å². The summed E-state index contributed by atoms with van der Waals surface area (Å²) in [5, 5.41) is 0.929. The van der Waals surface area contributed by atoms with E-state index in [9.17, 15) is 14.4 Å². The van der Waals surface area contributed by atoms with Crippen LogP contribution in [0, 0.1) is 11.3 Å². The quantitative estimate of drug-likeness (QED) is 0.321. The number of hydrogen-bond acceptors (Lipinski definition) is 6. The number of anilines is 1. The molecular weight excluding hydrogens is 505 g/mol. The highest BCUT2D eigenvalue weighted by atomic mass is 35.5. The Morgan fingerprint density at radius 2 is 1.75 bits per heavy atom. The number of amides is 1. The average molecular weight is 536 g/mol. The van der Waals surface area contributed by atoms with Gasteiger partial charge in [-0.25, -0.2) is 0 Å². The molecule has 0 unspecified atom stereocenters. The molecule has 2 aromatic carbocycles. The van der Waals surface area contributed by atoms with Crippen LogP contribution in [0.1, 0.15) is 58.3 Å². The lowest BCUT2D eigenvalue weighted by Gasteiger charge is -2.26. The first-order chi connectivity index (χ1) is 16.9. The molecule has 2 aromatic rings. The Hall–Kier alpha value is -2.61. The number of rotatable bonds is 7. The molecule has 0 fully saturated rings. The zero-order chi connectivity index (χ0) is 26.6. The minimum Gasteiger partial charge on any atom is -0.428 e. The van der Waals surface area contributed by atoms with Crippen LogP contribution in [0.4, 0.5) is 5.69 Å². The van der Waals surface area contributed by atoms with E-state index in [-0.39, 0.29) is 18.2 Å². The topological polar surface area (TPSA) is 82.1 Å². The van der Waals surface area contributed by atoms with E-state index in [0.717, 1.165) is 0 Å². The van der Waals surface area contributed by atoms with Gasteiger partial charge >= 0.3 is 11.9 Å². The van der Waals surface area contributed by atoms with Crippen molar-refractivity contribution in [3.63, 3.8) is 0 Å². The van der Waals surface area contributed by atoms with Crippen LogP contribution < -0.4 is 4.90 Å². The van der Waals surface area contributed by atoms with E-state index >= 15 is 0 Å². The summed E-state index contributed by atoms with van der Waals surface area (Å²) in [4.78, 5) is 39.9. The minimum absolute atomic E-state index is 0.138. The van der Waals surface area contributed by atoms with Gasteiger partial charge in [0.1, 0.15) is 12.2 Å². The smallest absolute Gasteiger partial charge is 0.314 e. The van der Waals surface area contributed by atoms with Crippen LogP contribution in [-0.4, -0.2) is 37.3 Å². The highest BCUT2D eigenvalue weighted by Gasteiger charge is 2.39. The van der Waals surface area contributed by atoms with E-state index in [2.05, 4.69) is 0 Å². The van der Waals surface area contributed by atoms with Crippen molar-refractivity contribution in [1.29, 1.82) is 0 Å². The summed E-state index contributed by atoms with van der Waals surface area (Å²) in [6.45, 7) is 8.92. The molecule has 7 nitrogen and oxygen atoms in total. The van der Waals surface area contributed by atoms with Crippen molar-refractivity contribution < 1.29 is 28.6 Å². The Labute approximate surface area is 221 Å². The first kappa shape index (κ1) is 28.0. The van der Waals surface area contributed by atoms with Gasteiger partial charge < -0.3 is 19.1 Å². The maximum atomic E-state index is 13.7. The van der Waals surface area contributed by atoms with Crippen LogP contribution >= 0.6 is 23.2 Å². The van der Waals surface area contributed by atoms with Gasteiger partial charge in [0.05, 0.1) is 11.8 Å². The molecule has 36 heavy (non-hydrogen) atoms. The molecule has 0 radical (unpaired) electrons. The van der Waals surface area contributed by atoms with Crippen molar-refractivity contribution >= 4 is 46.7 Å². The highest BCUT2D eigenvalue weighted by Crippen LogP contribution is 2.42. The molecule has 0 aromatic heterocycles. The number of hydrogen-bond donors (Lipinski definition) is 0. The standard InChI is InChI=1S/C27H31Cl2NO6/c1-16(2)14-30-21-11-10-17(28)12-19(21)24(18-8-6-7-9-20(18)29)36-22(25(30)32)13-23(31)34-15-35-26(33)27(3,4)5/h6-12,16,22,24H,13-15H2,1-5H3/t22-,24-/m1/s1. The molecule has 0 saturated heterocycles. The molecule has 0 bridgehead atoms. The number of esters is 2. The van der Waals surface area contributed by atoms with E-state index < -0.39 is 36.4 Å². The third kappa shape index (κ3) is 6.78. The number of nitrogens with zero attached hydrogens (tertiary/aromatic N) is 1. The highest BCUT2D eigenvalue weighted by molar-refractivity contribution is 6.31. The molecule has 194 valence electrons. The first-order valence-electron chi connectivity index (χ1n) is 11.7. The van der Waals surface area contributed by atoms with Gasteiger partial charge in [0.25, 0.3) is 5.91 Å². The van der Waals surface area contributed by atoms with Crippen LogP contribution in [0.25, 0.3) is 0 Å². The maximum Gasteiger partial charge on any atom is 0.314 e. The third-order valence-corrected chi connectivity index (χ3v) is 6.09. The van der Waals surface area contributed by atoms with Crippen LogP contribution in [0.2, 0.25) is 10.0 Å². The fraction of sp³-hybridized carbons (Fsp3) is 0.444. The predicted molar refractivity (Wildman–Crippen MR) is 138 cm³/mol. The van der Waals surface area contributed by atoms with Gasteiger partial charge in [0, 0.05) is 33.4 Å². The predicted octanol–water partition coefficient (Wildman–Crippen LogP) is 5.95. The Bertz CT molecular complexity index is 1130. The van der Waals surface area contributed by atoms with Gasteiger partial charge in [-0.3, -0.25) is 14.4 Å². The normalized spacial score (nSPS) is 18.0. The molecule has 0 N–H and O–H groups in total. The second kappa shape index (κ2) is 11.6. The van der Waals surface area contributed by atoms with E-state index in [1.807, 2.05) is 26.0 Å². The van der Waals surface area contributed by atoms with Crippen LogP contribution in [-0.2, 0) is 28.6 Å². The van der Waals surface area contributed by atoms with Gasteiger partial charge in [-0.15, -0.1) is 0 Å². The summed E-state index contributed by atoms with van der Waals surface area (Å²) < 4.78 is 16.4. The number of carbonyl (C=O) groups is 3. The molecule has 0 saturated carbocycles. The van der Waals surface area contributed by atoms with Crippen LogP contribution in [0.15, 0.2) is 42.5 Å². The van der Waals surface area contributed by atoms with Crippen molar-refractivity contribution in [2.24, 2.45) is 11.3 Å². The second-order valence-electron chi connectivity index (χ2n) is 10.1. The number of ether oxygens (including phenoxy) is 3. The Balaban J connectivity index is 1.93. The molecule has 1 aliphatic rings. The largest absolute Gasteiger partial charge is 0.428 e. The van der Waals surface area contributed by atoms with Crippen molar-refractivity contribution in [2.45, 2.75) is 53.2 Å². The van der Waals surface area contributed by atoms with Crippen molar-refractivity contribution in [3.05, 3.63) is 63.6 Å². The molecule has 1 aliphatic heterocycles. The number of fused-ring (bicyclic) bond motifs is 1. The summed E-state index contributed by atoms with van der Waals surface area (Å²) in [6.07, 6.45) is -2.30. The van der Waals surface area contributed by atoms with Gasteiger partial charge in [0.2, 0.25) is 6.79 Å². The molecule has 1 heterocycles. The summed E-state index contributed by atoms with van der Waals surface area (Å²) in [5.74, 6) is -1.49. The van der Waals surface area contributed by atoms with Gasteiger partial charge in [-0.05, 0) is 51.0 Å². The third-order valence-electron chi connectivity index (χ3n) is 5.51. The second-order valence-corrected chi connectivity index (χ2v) is 10.9. The van der Waals surface area contributed by atoms with Crippen molar-refractivity contribution in [3.8, 4) is 0 Å². The molecule has 2 atom stereocenters.